The minimum atomic E-state index is -3.75. The van der Waals surface area contributed by atoms with Gasteiger partial charge in [0.1, 0.15) is 4.90 Å². The third-order valence-corrected chi connectivity index (χ3v) is 5.79. The molecule has 0 atom stereocenters. The fraction of sp³-hybridized carbons (Fsp3) is 0.188. The molecule has 1 aliphatic carbocycles. The molecule has 25 heavy (non-hydrogen) atoms. The van der Waals surface area contributed by atoms with Crippen LogP contribution in [0.5, 0.6) is 0 Å². The third kappa shape index (κ3) is 3.22. The van der Waals surface area contributed by atoms with Crippen molar-refractivity contribution < 1.29 is 8.42 Å². The van der Waals surface area contributed by atoms with Gasteiger partial charge in [0, 0.05) is 11.3 Å². The van der Waals surface area contributed by atoms with Gasteiger partial charge in [0.2, 0.25) is 0 Å². The first-order chi connectivity index (χ1) is 12.0. The molecule has 0 unspecified atom stereocenters. The molecule has 1 fully saturated rings. The number of hydrogen-bond acceptors (Lipinski definition) is 5. The molecule has 4 rings (SSSR count). The molecule has 1 aromatic heterocycles. The van der Waals surface area contributed by atoms with E-state index in [0.29, 0.717) is 17.6 Å². The van der Waals surface area contributed by atoms with E-state index in [1.54, 1.807) is 36.4 Å². The number of rotatable bonds is 5. The van der Waals surface area contributed by atoms with Crippen molar-refractivity contribution in [1.29, 1.82) is 0 Å². The summed E-state index contributed by atoms with van der Waals surface area (Å²) in [4.78, 5) is 0.0402. The number of anilines is 1. The quantitative estimate of drug-likeness (QED) is 0.739. The Morgan fingerprint density at radius 2 is 1.80 bits per heavy atom. The lowest BCUT2D eigenvalue weighted by Crippen LogP contribution is -2.13. The van der Waals surface area contributed by atoms with Gasteiger partial charge in [-0.15, -0.1) is 5.10 Å². The molecule has 0 bridgehead atoms. The number of halogens is 1. The van der Waals surface area contributed by atoms with E-state index in [2.05, 4.69) is 20.2 Å². The van der Waals surface area contributed by atoms with Crippen LogP contribution in [0, 0.1) is 0 Å². The summed E-state index contributed by atoms with van der Waals surface area (Å²) in [6.45, 7) is 0. The number of aromatic nitrogens is 4. The van der Waals surface area contributed by atoms with Crippen molar-refractivity contribution in [3.8, 4) is 11.4 Å². The second-order valence-electron chi connectivity index (χ2n) is 5.79. The van der Waals surface area contributed by atoms with E-state index >= 15 is 0 Å². The van der Waals surface area contributed by atoms with E-state index in [0.717, 1.165) is 18.4 Å². The zero-order valence-electron chi connectivity index (χ0n) is 13.0. The molecule has 0 radical (unpaired) electrons. The predicted octanol–water partition coefficient (Wildman–Crippen LogP) is 3.13. The first-order valence-electron chi connectivity index (χ1n) is 7.70. The van der Waals surface area contributed by atoms with Gasteiger partial charge in [0.25, 0.3) is 10.0 Å². The normalized spacial score (nSPS) is 14.4. The van der Waals surface area contributed by atoms with Gasteiger partial charge in [-0.3, -0.25) is 4.72 Å². The Labute approximate surface area is 149 Å². The van der Waals surface area contributed by atoms with E-state index in [4.69, 9.17) is 11.6 Å². The third-order valence-electron chi connectivity index (χ3n) is 3.91. The SMILES string of the molecule is O=S(=O)(Nc1ccc(-c2nnnn2C2CC2)cc1)c1ccccc1Cl. The number of hydrogen-bond donors (Lipinski definition) is 1. The molecule has 1 saturated carbocycles. The monoisotopic (exact) mass is 375 g/mol. The highest BCUT2D eigenvalue weighted by molar-refractivity contribution is 7.92. The number of sulfonamides is 1. The molecule has 7 nitrogen and oxygen atoms in total. The summed E-state index contributed by atoms with van der Waals surface area (Å²) < 4.78 is 29.2. The van der Waals surface area contributed by atoms with Crippen molar-refractivity contribution in [2.24, 2.45) is 0 Å². The van der Waals surface area contributed by atoms with Crippen LogP contribution in [0.1, 0.15) is 18.9 Å². The van der Waals surface area contributed by atoms with Crippen molar-refractivity contribution in [3.05, 3.63) is 53.6 Å². The van der Waals surface area contributed by atoms with E-state index in [1.807, 2.05) is 4.68 Å². The van der Waals surface area contributed by atoms with Crippen LogP contribution in [-0.4, -0.2) is 28.6 Å². The van der Waals surface area contributed by atoms with Crippen LogP contribution in [0.25, 0.3) is 11.4 Å². The van der Waals surface area contributed by atoms with Gasteiger partial charge >= 0.3 is 0 Å². The molecule has 1 N–H and O–H groups in total. The van der Waals surface area contributed by atoms with E-state index in [1.165, 1.54) is 12.1 Å². The number of nitrogens with zero attached hydrogens (tertiary/aromatic N) is 4. The number of nitrogens with one attached hydrogen (secondary N) is 1. The lowest BCUT2D eigenvalue weighted by atomic mass is 10.2. The summed E-state index contributed by atoms with van der Waals surface area (Å²) in [5.74, 6) is 0.683. The van der Waals surface area contributed by atoms with E-state index in [-0.39, 0.29) is 9.92 Å². The van der Waals surface area contributed by atoms with Crippen LogP contribution in [0.4, 0.5) is 5.69 Å². The van der Waals surface area contributed by atoms with Gasteiger partial charge in [0.15, 0.2) is 5.82 Å². The van der Waals surface area contributed by atoms with Crippen molar-refractivity contribution in [3.63, 3.8) is 0 Å². The summed E-state index contributed by atoms with van der Waals surface area (Å²) in [6, 6.07) is 13.6. The fourth-order valence-corrected chi connectivity index (χ4v) is 4.09. The van der Waals surface area contributed by atoms with E-state index in [9.17, 15) is 8.42 Å². The van der Waals surface area contributed by atoms with Gasteiger partial charge < -0.3 is 0 Å². The smallest absolute Gasteiger partial charge is 0.263 e. The predicted molar refractivity (Wildman–Crippen MR) is 93.8 cm³/mol. The van der Waals surface area contributed by atoms with Gasteiger partial charge in [0.05, 0.1) is 11.1 Å². The van der Waals surface area contributed by atoms with Crippen LogP contribution >= 0.6 is 11.6 Å². The lowest BCUT2D eigenvalue weighted by molar-refractivity contribution is 0.601. The molecular weight excluding hydrogens is 362 g/mol. The Balaban J connectivity index is 1.58. The molecule has 9 heteroatoms. The van der Waals surface area contributed by atoms with Crippen LogP contribution in [-0.2, 0) is 10.0 Å². The molecule has 1 heterocycles. The Bertz CT molecular complexity index is 1010. The Morgan fingerprint density at radius 3 is 2.48 bits per heavy atom. The molecule has 0 amide bonds. The van der Waals surface area contributed by atoms with Crippen LogP contribution in [0.15, 0.2) is 53.4 Å². The highest BCUT2D eigenvalue weighted by Gasteiger charge is 2.28. The zero-order chi connectivity index (χ0) is 17.4. The van der Waals surface area contributed by atoms with Gasteiger partial charge in [-0.05, 0) is 59.7 Å². The average Bonchev–Trinajstić information content (AvgIpc) is 3.32. The van der Waals surface area contributed by atoms with E-state index < -0.39 is 10.0 Å². The van der Waals surface area contributed by atoms with Gasteiger partial charge in [-0.25, -0.2) is 13.1 Å². The standard InChI is InChI=1S/C16H14ClN5O2S/c17-14-3-1-2-4-15(14)25(23,24)19-12-7-5-11(6-8-12)16-18-20-21-22(16)13-9-10-13/h1-8,13,19H,9-10H2. The highest BCUT2D eigenvalue weighted by atomic mass is 35.5. The molecule has 0 spiro atoms. The summed E-state index contributed by atoms with van der Waals surface area (Å²) in [7, 11) is -3.75. The molecule has 1 aliphatic rings. The molecule has 0 aliphatic heterocycles. The molecule has 3 aromatic rings. The maximum atomic E-state index is 12.5. The largest absolute Gasteiger partial charge is 0.280 e. The molecule has 128 valence electrons. The molecule has 0 saturated heterocycles. The minimum absolute atomic E-state index is 0.0402. The average molecular weight is 376 g/mol. The summed E-state index contributed by atoms with van der Waals surface area (Å²) in [6.07, 6.45) is 2.15. The second-order valence-corrected chi connectivity index (χ2v) is 7.85. The zero-order valence-corrected chi connectivity index (χ0v) is 14.6. The Morgan fingerprint density at radius 1 is 1.08 bits per heavy atom. The lowest BCUT2D eigenvalue weighted by Gasteiger charge is -2.10. The van der Waals surface area contributed by atoms with Crippen molar-refractivity contribution in [2.75, 3.05) is 4.72 Å². The van der Waals surface area contributed by atoms with Crippen LogP contribution in [0.3, 0.4) is 0 Å². The second kappa shape index (κ2) is 6.12. The Hall–Kier alpha value is -2.45. The maximum absolute atomic E-state index is 12.5. The fourth-order valence-electron chi connectivity index (χ4n) is 2.51. The summed E-state index contributed by atoms with van der Waals surface area (Å²) >= 11 is 5.98. The van der Waals surface area contributed by atoms with Gasteiger partial charge in [-0.1, -0.05) is 23.7 Å². The van der Waals surface area contributed by atoms with Crippen molar-refractivity contribution in [1.82, 2.24) is 20.2 Å². The maximum Gasteiger partial charge on any atom is 0.263 e. The first-order valence-corrected chi connectivity index (χ1v) is 9.56. The number of benzene rings is 2. The first kappa shape index (κ1) is 16.0. The summed E-state index contributed by atoms with van der Waals surface area (Å²) in [5.41, 5.74) is 1.27. The molecule has 2 aromatic carbocycles. The number of tetrazole rings is 1. The van der Waals surface area contributed by atoms with Crippen molar-refractivity contribution >= 4 is 27.3 Å². The highest BCUT2D eigenvalue weighted by Crippen LogP contribution is 2.36. The minimum Gasteiger partial charge on any atom is -0.280 e. The summed E-state index contributed by atoms with van der Waals surface area (Å²) in [5, 5.41) is 12.0. The van der Waals surface area contributed by atoms with Crippen LogP contribution < -0.4 is 4.72 Å². The van der Waals surface area contributed by atoms with Crippen molar-refractivity contribution in [2.45, 2.75) is 23.8 Å². The van der Waals surface area contributed by atoms with Gasteiger partial charge in [-0.2, -0.15) is 0 Å². The van der Waals surface area contributed by atoms with Crippen LogP contribution in [0.2, 0.25) is 5.02 Å². The topological polar surface area (TPSA) is 89.8 Å². The Kier molecular flexibility index (Phi) is 3.93. The molecular formula is C16H14ClN5O2S.